The van der Waals surface area contributed by atoms with E-state index in [1.54, 1.807) is 0 Å². The predicted octanol–water partition coefficient (Wildman–Crippen LogP) is -0.896. The molecule has 0 spiro atoms. The molecule has 0 rings (SSSR count). The molecule has 38 valence electrons. The second-order valence-electron chi connectivity index (χ2n) is 0.149. The molecule has 7 heteroatoms. The topological polar surface area (TPSA) is 80.3 Å². The van der Waals surface area contributed by atoms with Crippen LogP contribution in [0.4, 0.5) is 0 Å². The van der Waals surface area contributed by atoms with Crippen molar-refractivity contribution in [3.8, 4) is 0 Å². The van der Waals surface area contributed by atoms with E-state index >= 15 is 0 Å². The Balaban J connectivity index is -0.0000000400. The van der Waals surface area contributed by atoms with Crippen LogP contribution < -0.4 is 9.79 Å². The van der Waals surface area contributed by atoms with E-state index in [0.29, 0.717) is 0 Å². The summed E-state index contributed by atoms with van der Waals surface area (Å²) in [4.78, 5) is 16.7. The zero-order valence-corrected chi connectivity index (χ0v) is 6.38. The van der Waals surface area contributed by atoms with Crippen LogP contribution in [0, 0.1) is 0 Å². The summed E-state index contributed by atoms with van der Waals surface area (Å²) < 4.78 is 16.7. The van der Waals surface area contributed by atoms with Crippen molar-refractivity contribution < 1.29 is 40.6 Å². The summed E-state index contributed by atoms with van der Waals surface area (Å²) in [5.74, 6) is 0. The van der Waals surface area contributed by atoms with Crippen molar-refractivity contribution in [2.24, 2.45) is 0 Å². The van der Waals surface area contributed by atoms with Gasteiger partial charge in [0.25, 0.3) is 0 Å². The second-order valence-corrected chi connectivity index (χ2v) is 0.447. The fraction of sp³-hybridized carbons (Fsp3) is 0. The van der Waals surface area contributed by atoms with E-state index in [4.69, 9.17) is 18.9 Å². The van der Waals surface area contributed by atoms with E-state index in [9.17, 15) is 0 Å². The first-order valence-corrected chi connectivity index (χ1v) is 2.19. The quantitative estimate of drug-likeness (QED) is 0.352. The van der Waals surface area contributed by atoms with Crippen LogP contribution in [0.1, 0.15) is 0 Å². The molecular weight excluding hydrogens is 174 g/mol. The molecular formula is O4P2Ti. The van der Waals surface area contributed by atoms with E-state index in [0.717, 1.165) is 0 Å². The third-order valence-corrected chi connectivity index (χ3v) is 0. The molecule has 0 aromatic heterocycles. The Bertz CT molecular complexity index is 30.7. The van der Waals surface area contributed by atoms with Crippen LogP contribution in [-0.2, 0) is 30.8 Å². The molecule has 0 bridgehead atoms. The molecule has 0 saturated carbocycles. The first-order valence-electron chi connectivity index (χ1n) is 0.730. The van der Waals surface area contributed by atoms with Crippen molar-refractivity contribution in [3.05, 3.63) is 0 Å². The van der Waals surface area contributed by atoms with Crippen molar-refractivity contribution >= 4 is 17.4 Å². The Morgan fingerprint density at radius 1 is 1.00 bits per heavy atom. The van der Waals surface area contributed by atoms with Crippen LogP contribution in [0.15, 0.2) is 0 Å². The Labute approximate surface area is 58.4 Å². The van der Waals surface area contributed by atoms with E-state index < -0.39 is 17.4 Å². The SMILES string of the molecule is O=P[O-].O=P[O-].[Ti+2]. The van der Waals surface area contributed by atoms with Gasteiger partial charge < -0.3 is 9.79 Å². The average molecular weight is 174 g/mol. The van der Waals surface area contributed by atoms with Gasteiger partial charge in [-0.15, -0.1) is 0 Å². The van der Waals surface area contributed by atoms with E-state index in [1.165, 1.54) is 0 Å². The van der Waals surface area contributed by atoms with Gasteiger partial charge in [0.2, 0.25) is 0 Å². The molecule has 0 unspecified atom stereocenters. The van der Waals surface area contributed by atoms with E-state index in [-0.39, 0.29) is 21.7 Å². The maximum absolute atomic E-state index is 8.35. The van der Waals surface area contributed by atoms with E-state index in [1.807, 2.05) is 0 Å². The van der Waals surface area contributed by atoms with Gasteiger partial charge in [0.1, 0.15) is 0 Å². The van der Waals surface area contributed by atoms with Gasteiger partial charge in [0.15, 0.2) is 0 Å². The number of rotatable bonds is 0. The van der Waals surface area contributed by atoms with Gasteiger partial charge >= 0.3 is 21.7 Å². The van der Waals surface area contributed by atoms with Gasteiger partial charge in [-0.25, -0.2) is 0 Å². The standard InChI is InChI=1S/2HO2P.Ti/c2*1-3-2;/h2*(H,1,2);/q;;+2/p-2. The fourth-order valence-corrected chi connectivity index (χ4v) is 0. The molecule has 0 saturated heterocycles. The summed E-state index contributed by atoms with van der Waals surface area (Å²) in [6.07, 6.45) is 0. The van der Waals surface area contributed by atoms with Crippen LogP contribution >= 0.6 is 17.4 Å². The Morgan fingerprint density at radius 2 is 1.00 bits per heavy atom. The summed E-state index contributed by atoms with van der Waals surface area (Å²) in [5, 5.41) is 0. The number of hydrogen-bond donors (Lipinski definition) is 0. The number of hydrogen-bond acceptors (Lipinski definition) is 4. The Kier molecular flexibility index (Phi) is 64.8. The fourth-order valence-electron chi connectivity index (χ4n) is 0. The maximum atomic E-state index is 8.35. The maximum Gasteiger partial charge on any atom is 2.00 e. The van der Waals surface area contributed by atoms with Crippen LogP contribution in [-0.4, -0.2) is 0 Å². The molecule has 0 heterocycles. The van der Waals surface area contributed by atoms with Crippen molar-refractivity contribution in [3.63, 3.8) is 0 Å². The summed E-state index contributed by atoms with van der Waals surface area (Å²) in [7, 11) is -2.17. The largest absolute Gasteiger partial charge is 2.00 e. The molecule has 0 atom stereocenters. The predicted molar refractivity (Wildman–Crippen MR) is 15.2 cm³/mol. The van der Waals surface area contributed by atoms with Crippen LogP contribution in [0.3, 0.4) is 0 Å². The molecule has 0 amide bonds. The smallest absolute Gasteiger partial charge is 0.772 e. The van der Waals surface area contributed by atoms with E-state index in [2.05, 4.69) is 0 Å². The molecule has 4 nitrogen and oxygen atoms in total. The van der Waals surface area contributed by atoms with Crippen LogP contribution in [0.2, 0.25) is 0 Å². The van der Waals surface area contributed by atoms with Gasteiger partial charge in [-0.2, -0.15) is 0 Å². The minimum absolute atomic E-state index is 0. The van der Waals surface area contributed by atoms with Crippen molar-refractivity contribution in [2.75, 3.05) is 0 Å². The molecule has 0 aliphatic carbocycles. The van der Waals surface area contributed by atoms with Gasteiger partial charge in [-0.1, -0.05) is 0 Å². The van der Waals surface area contributed by atoms with Gasteiger partial charge in [0.05, 0.1) is 17.4 Å². The monoisotopic (exact) mass is 174 g/mol. The van der Waals surface area contributed by atoms with Gasteiger partial charge in [-0.3, -0.25) is 9.13 Å². The van der Waals surface area contributed by atoms with Crippen molar-refractivity contribution in [2.45, 2.75) is 0 Å². The molecule has 0 aliphatic heterocycles. The minimum atomic E-state index is -1.08. The summed E-state index contributed by atoms with van der Waals surface area (Å²) >= 11 is 0. The van der Waals surface area contributed by atoms with Gasteiger partial charge in [-0.05, 0) is 0 Å². The zero-order valence-electron chi connectivity index (χ0n) is 3.03. The van der Waals surface area contributed by atoms with Crippen LogP contribution in [0.25, 0.3) is 0 Å². The summed E-state index contributed by atoms with van der Waals surface area (Å²) in [6, 6.07) is 0. The minimum Gasteiger partial charge on any atom is -0.772 e. The second kappa shape index (κ2) is 29.0. The normalized spacial score (nSPS) is 6.00. The molecule has 0 N–H and O–H groups in total. The first kappa shape index (κ1) is 15.7. The third-order valence-electron chi connectivity index (χ3n) is 0. The van der Waals surface area contributed by atoms with Crippen molar-refractivity contribution in [1.82, 2.24) is 0 Å². The molecule has 7 heavy (non-hydrogen) atoms. The average Bonchev–Trinajstić information content (AvgIpc) is 1.39. The molecule has 0 fully saturated rings. The molecule has 0 aliphatic rings. The van der Waals surface area contributed by atoms with Crippen molar-refractivity contribution in [1.29, 1.82) is 0 Å². The molecule has 0 radical (unpaired) electrons. The first-order chi connectivity index (χ1) is 2.83. The van der Waals surface area contributed by atoms with Crippen LogP contribution in [0.5, 0.6) is 0 Å². The molecule has 0 aromatic rings. The van der Waals surface area contributed by atoms with Gasteiger partial charge in [0, 0.05) is 0 Å². The molecule has 0 aromatic carbocycles. The summed E-state index contributed by atoms with van der Waals surface area (Å²) in [6.45, 7) is 0. The Hall–Kier alpha value is 0.834. The Morgan fingerprint density at radius 3 is 1.00 bits per heavy atom. The summed E-state index contributed by atoms with van der Waals surface area (Å²) in [5.41, 5.74) is 0. The third kappa shape index (κ3) is 229. The zero-order chi connectivity index (χ0) is 5.41.